The van der Waals surface area contributed by atoms with Crippen LogP contribution in [0.2, 0.25) is 0 Å². The fraction of sp³-hybridized carbons (Fsp3) is 0.600. The molecular formula is C10H17N5O. The van der Waals surface area contributed by atoms with Crippen molar-refractivity contribution in [1.82, 2.24) is 9.97 Å². The summed E-state index contributed by atoms with van der Waals surface area (Å²) in [5.74, 6) is 7.17. The molecule has 1 fully saturated rings. The Balaban J connectivity index is 1.63. The fourth-order valence-corrected chi connectivity index (χ4v) is 1.31. The van der Waals surface area contributed by atoms with Crippen molar-refractivity contribution in [3.8, 4) is 0 Å². The van der Waals surface area contributed by atoms with Crippen molar-refractivity contribution >= 4 is 11.8 Å². The molecule has 1 heterocycles. The molecule has 2 rings (SSSR count). The Hall–Kier alpha value is -1.40. The van der Waals surface area contributed by atoms with Gasteiger partial charge in [-0.15, -0.1) is 0 Å². The number of nitrogen functional groups attached to an aromatic ring is 1. The molecule has 1 aliphatic rings. The Labute approximate surface area is 94.6 Å². The predicted octanol–water partition coefficient (Wildman–Crippen LogP) is 0.601. The van der Waals surface area contributed by atoms with Gasteiger partial charge in [-0.3, -0.25) is 5.43 Å². The van der Waals surface area contributed by atoms with Crippen LogP contribution in [0.3, 0.4) is 0 Å². The SMILES string of the molecule is NNc1nccc(NCCOCC2CC2)n1. The lowest BCUT2D eigenvalue weighted by Crippen LogP contribution is -2.14. The predicted molar refractivity (Wildman–Crippen MR) is 61.9 cm³/mol. The van der Waals surface area contributed by atoms with Crippen molar-refractivity contribution < 1.29 is 4.74 Å². The zero-order valence-corrected chi connectivity index (χ0v) is 9.15. The van der Waals surface area contributed by atoms with Crippen LogP contribution in [0.4, 0.5) is 11.8 Å². The molecule has 0 aliphatic heterocycles. The van der Waals surface area contributed by atoms with E-state index in [-0.39, 0.29) is 0 Å². The smallest absolute Gasteiger partial charge is 0.239 e. The molecule has 0 bridgehead atoms. The van der Waals surface area contributed by atoms with Gasteiger partial charge in [0, 0.05) is 19.3 Å². The molecule has 1 aromatic rings. The highest BCUT2D eigenvalue weighted by atomic mass is 16.5. The van der Waals surface area contributed by atoms with Crippen LogP contribution in [0.15, 0.2) is 12.3 Å². The van der Waals surface area contributed by atoms with E-state index in [1.807, 2.05) is 0 Å². The molecule has 4 N–H and O–H groups in total. The van der Waals surface area contributed by atoms with Gasteiger partial charge < -0.3 is 10.1 Å². The van der Waals surface area contributed by atoms with Crippen LogP contribution < -0.4 is 16.6 Å². The van der Waals surface area contributed by atoms with Crippen molar-refractivity contribution in [1.29, 1.82) is 0 Å². The number of rotatable bonds is 7. The number of hydrogen-bond acceptors (Lipinski definition) is 6. The average molecular weight is 223 g/mol. The monoisotopic (exact) mass is 223 g/mol. The van der Waals surface area contributed by atoms with Crippen molar-refractivity contribution in [2.45, 2.75) is 12.8 Å². The maximum atomic E-state index is 5.49. The molecule has 0 aromatic carbocycles. The van der Waals surface area contributed by atoms with Crippen LogP contribution in [0, 0.1) is 5.92 Å². The van der Waals surface area contributed by atoms with Crippen LogP contribution in [0.25, 0.3) is 0 Å². The summed E-state index contributed by atoms with van der Waals surface area (Å²) < 4.78 is 5.49. The highest BCUT2D eigenvalue weighted by molar-refractivity contribution is 5.38. The van der Waals surface area contributed by atoms with Gasteiger partial charge in [-0.05, 0) is 24.8 Å². The molecular weight excluding hydrogens is 206 g/mol. The average Bonchev–Trinajstić information content (AvgIpc) is 3.13. The molecule has 0 amide bonds. The van der Waals surface area contributed by atoms with E-state index in [0.29, 0.717) is 12.6 Å². The summed E-state index contributed by atoms with van der Waals surface area (Å²) in [7, 11) is 0. The normalized spacial score (nSPS) is 14.8. The first-order valence-corrected chi connectivity index (χ1v) is 5.50. The lowest BCUT2D eigenvalue weighted by molar-refractivity contribution is 0.134. The molecule has 88 valence electrons. The number of ether oxygens (including phenoxy) is 1. The third-order valence-corrected chi connectivity index (χ3v) is 2.39. The lowest BCUT2D eigenvalue weighted by Gasteiger charge is -2.06. The summed E-state index contributed by atoms with van der Waals surface area (Å²) in [6.45, 7) is 2.33. The van der Waals surface area contributed by atoms with E-state index in [4.69, 9.17) is 10.6 Å². The van der Waals surface area contributed by atoms with E-state index in [1.165, 1.54) is 12.8 Å². The van der Waals surface area contributed by atoms with E-state index in [2.05, 4.69) is 20.7 Å². The van der Waals surface area contributed by atoms with Gasteiger partial charge >= 0.3 is 0 Å². The Kier molecular flexibility index (Phi) is 3.90. The van der Waals surface area contributed by atoms with E-state index in [1.54, 1.807) is 12.3 Å². The Bertz CT molecular complexity index is 329. The van der Waals surface area contributed by atoms with Crippen LogP contribution in [0.1, 0.15) is 12.8 Å². The summed E-state index contributed by atoms with van der Waals surface area (Å²) in [5.41, 5.74) is 2.40. The minimum atomic E-state index is 0.406. The number of nitrogens with one attached hydrogen (secondary N) is 2. The maximum Gasteiger partial charge on any atom is 0.239 e. The molecule has 0 atom stereocenters. The minimum absolute atomic E-state index is 0.406. The van der Waals surface area contributed by atoms with E-state index in [0.717, 1.165) is 24.9 Å². The van der Waals surface area contributed by atoms with Crippen molar-refractivity contribution in [2.75, 3.05) is 30.5 Å². The van der Waals surface area contributed by atoms with E-state index < -0.39 is 0 Å². The van der Waals surface area contributed by atoms with Crippen LogP contribution in [-0.4, -0.2) is 29.7 Å². The first-order chi connectivity index (χ1) is 7.88. The second-order valence-electron chi connectivity index (χ2n) is 3.85. The summed E-state index contributed by atoms with van der Waals surface area (Å²) in [4.78, 5) is 8.04. The summed E-state index contributed by atoms with van der Waals surface area (Å²) in [6, 6.07) is 1.79. The van der Waals surface area contributed by atoms with Gasteiger partial charge in [0.25, 0.3) is 0 Å². The summed E-state index contributed by atoms with van der Waals surface area (Å²) >= 11 is 0. The van der Waals surface area contributed by atoms with Crippen molar-refractivity contribution in [3.05, 3.63) is 12.3 Å². The lowest BCUT2D eigenvalue weighted by atomic mass is 10.5. The van der Waals surface area contributed by atoms with Crippen molar-refractivity contribution in [3.63, 3.8) is 0 Å². The molecule has 0 saturated heterocycles. The van der Waals surface area contributed by atoms with Crippen LogP contribution >= 0.6 is 0 Å². The zero-order chi connectivity index (χ0) is 11.2. The third-order valence-electron chi connectivity index (χ3n) is 2.39. The number of nitrogens with zero attached hydrogens (tertiary/aromatic N) is 2. The van der Waals surface area contributed by atoms with E-state index in [9.17, 15) is 0 Å². The summed E-state index contributed by atoms with van der Waals surface area (Å²) in [6.07, 6.45) is 4.30. The third kappa shape index (κ3) is 3.63. The van der Waals surface area contributed by atoms with Crippen molar-refractivity contribution in [2.24, 2.45) is 11.8 Å². The van der Waals surface area contributed by atoms with Crippen LogP contribution in [0.5, 0.6) is 0 Å². The molecule has 0 unspecified atom stereocenters. The molecule has 0 spiro atoms. The number of nitrogens with two attached hydrogens (primary N) is 1. The standard InChI is InChI=1S/C10H17N5O/c11-15-10-13-4-3-9(14-10)12-5-6-16-7-8-1-2-8/h3-4,8H,1-2,5-7,11H2,(H2,12,13,14,15). The second kappa shape index (κ2) is 5.62. The fourth-order valence-electron chi connectivity index (χ4n) is 1.31. The largest absolute Gasteiger partial charge is 0.379 e. The first-order valence-electron chi connectivity index (χ1n) is 5.50. The molecule has 1 saturated carbocycles. The maximum absolute atomic E-state index is 5.49. The quantitative estimate of drug-likeness (QED) is 0.356. The highest BCUT2D eigenvalue weighted by Gasteiger charge is 2.20. The molecule has 1 aliphatic carbocycles. The van der Waals surface area contributed by atoms with Gasteiger partial charge in [0.2, 0.25) is 5.95 Å². The summed E-state index contributed by atoms with van der Waals surface area (Å²) in [5, 5.41) is 3.14. The van der Waals surface area contributed by atoms with Gasteiger partial charge in [-0.25, -0.2) is 10.8 Å². The molecule has 16 heavy (non-hydrogen) atoms. The molecule has 6 nitrogen and oxygen atoms in total. The van der Waals surface area contributed by atoms with Gasteiger partial charge in [0.15, 0.2) is 0 Å². The number of hydrazine groups is 1. The first kappa shape index (κ1) is 11.1. The zero-order valence-electron chi connectivity index (χ0n) is 9.15. The van der Waals surface area contributed by atoms with Gasteiger partial charge in [-0.2, -0.15) is 4.98 Å². The topological polar surface area (TPSA) is 85.1 Å². The van der Waals surface area contributed by atoms with E-state index >= 15 is 0 Å². The second-order valence-corrected chi connectivity index (χ2v) is 3.85. The highest BCUT2D eigenvalue weighted by Crippen LogP contribution is 2.28. The van der Waals surface area contributed by atoms with Crippen LogP contribution in [-0.2, 0) is 4.74 Å². The number of hydrogen-bond donors (Lipinski definition) is 3. The Morgan fingerprint density at radius 2 is 2.38 bits per heavy atom. The number of aromatic nitrogens is 2. The number of anilines is 2. The molecule has 1 aromatic heterocycles. The Morgan fingerprint density at radius 1 is 1.50 bits per heavy atom. The molecule has 6 heteroatoms. The Morgan fingerprint density at radius 3 is 3.12 bits per heavy atom. The van der Waals surface area contributed by atoms with Gasteiger partial charge in [0.05, 0.1) is 6.61 Å². The minimum Gasteiger partial charge on any atom is -0.379 e. The van der Waals surface area contributed by atoms with Gasteiger partial charge in [0.1, 0.15) is 5.82 Å². The molecule has 0 radical (unpaired) electrons. The van der Waals surface area contributed by atoms with Gasteiger partial charge in [-0.1, -0.05) is 0 Å².